The molecule has 6 heteroatoms. The second kappa shape index (κ2) is 7.49. The summed E-state index contributed by atoms with van der Waals surface area (Å²) >= 11 is 1.26. The van der Waals surface area contributed by atoms with Crippen molar-refractivity contribution in [2.24, 2.45) is 0 Å². The Morgan fingerprint density at radius 3 is 2.67 bits per heavy atom. The summed E-state index contributed by atoms with van der Waals surface area (Å²) in [4.78, 5) is 12.7. The van der Waals surface area contributed by atoms with Gasteiger partial charge in [-0.2, -0.15) is 0 Å². The number of rotatable bonds is 7. The van der Waals surface area contributed by atoms with E-state index < -0.39 is 6.29 Å². The lowest BCUT2D eigenvalue weighted by atomic mass is 10.2. The molecule has 4 nitrogen and oxygen atoms in total. The van der Waals surface area contributed by atoms with Crippen LogP contribution in [0.2, 0.25) is 0 Å². The second-order valence-electron chi connectivity index (χ2n) is 4.34. The van der Waals surface area contributed by atoms with Gasteiger partial charge in [-0.25, -0.2) is 4.39 Å². The Labute approximate surface area is 126 Å². The van der Waals surface area contributed by atoms with Crippen LogP contribution in [0.4, 0.5) is 4.39 Å². The Balaban J connectivity index is 2.01. The number of nitrogens with one attached hydrogen (secondary N) is 1. The zero-order valence-corrected chi connectivity index (χ0v) is 12.8. The Morgan fingerprint density at radius 1 is 1.29 bits per heavy atom. The van der Waals surface area contributed by atoms with E-state index in [1.54, 1.807) is 12.1 Å². The number of thiophene rings is 1. The Bertz CT molecular complexity index is 608. The minimum absolute atomic E-state index is 0.207. The summed E-state index contributed by atoms with van der Waals surface area (Å²) in [7, 11) is 0. The van der Waals surface area contributed by atoms with E-state index in [0.29, 0.717) is 18.1 Å². The van der Waals surface area contributed by atoms with Gasteiger partial charge in [-0.15, -0.1) is 11.3 Å². The van der Waals surface area contributed by atoms with Crippen LogP contribution in [0.5, 0.6) is 0 Å². The van der Waals surface area contributed by atoms with Crippen molar-refractivity contribution in [1.82, 2.24) is 5.32 Å². The first kappa shape index (κ1) is 15.9. The molecule has 0 saturated carbocycles. The predicted molar refractivity (Wildman–Crippen MR) is 81.2 cm³/mol. The van der Waals surface area contributed by atoms with Gasteiger partial charge in [-0.05, 0) is 37.4 Å². The summed E-state index contributed by atoms with van der Waals surface area (Å²) in [6.07, 6.45) is -0.448. The number of amides is 1. The van der Waals surface area contributed by atoms with Gasteiger partial charge in [0.1, 0.15) is 5.82 Å². The average Bonchev–Trinajstić information content (AvgIpc) is 2.88. The highest BCUT2D eigenvalue weighted by Crippen LogP contribution is 2.26. The first-order chi connectivity index (χ1) is 10.1. The molecule has 1 heterocycles. The molecule has 0 bridgehead atoms. The summed E-state index contributed by atoms with van der Waals surface area (Å²) in [6, 6.07) is 6.24. The molecule has 0 fully saturated rings. The SMILES string of the molecule is CCOC(CNC(=O)c1cc2ccc(F)cc2s1)OCC. The third-order valence-corrected chi connectivity index (χ3v) is 3.94. The monoisotopic (exact) mass is 311 g/mol. The fraction of sp³-hybridized carbons (Fsp3) is 0.400. The van der Waals surface area contributed by atoms with Crippen LogP contribution in [0.15, 0.2) is 24.3 Å². The maximum Gasteiger partial charge on any atom is 0.261 e. The van der Waals surface area contributed by atoms with Gasteiger partial charge in [0.05, 0.1) is 11.4 Å². The number of hydrogen-bond donors (Lipinski definition) is 1. The number of benzene rings is 1. The van der Waals surface area contributed by atoms with Crippen LogP contribution in [0, 0.1) is 5.82 Å². The molecular formula is C15H18FNO3S. The summed E-state index contributed by atoms with van der Waals surface area (Å²) in [5.74, 6) is -0.509. The van der Waals surface area contributed by atoms with Gasteiger partial charge in [0, 0.05) is 17.9 Å². The summed E-state index contributed by atoms with van der Waals surface area (Å²) in [5.41, 5.74) is 0. The Hall–Kier alpha value is -1.50. The van der Waals surface area contributed by atoms with E-state index in [1.807, 2.05) is 13.8 Å². The molecule has 1 aromatic heterocycles. The highest BCUT2D eigenvalue weighted by atomic mass is 32.1. The van der Waals surface area contributed by atoms with Crippen molar-refractivity contribution in [1.29, 1.82) is 0 Å². The number of ether oxygens (including phenoxy) is 2. The minimum Gasteiger partial charge on any atom is -0.351 e. The fourth-order valence-electron chi connectivity index (χ4n) is 1.92. The van der Waals surface area contributed by atoms with Crippen molar-refractivity contribution in [3.8, 4) is 0 Å². The Kier molecular flexibility index (Phi) is 5.67. The van der Waals surface area contributed by atoms with Gasteiger partial charge in [-0.3, -0.25) is 4.79 Å². The molecule has 0 radical (unpaired) electrons. The highest BCUT2D eigenvalue weighted by molar-refractivity contribution is 7.20. The van der Waals surface area contributed by atoms with E-state index in [2.05, 4.69) is 5.32 Å². The van der Waals surface area contributed by atoms with E-state index in [4.69, 9.17) is 9.47 Å². The normalized spacial score (nSPS) is 11.2. The molecule has 0 aliphatic heterocycles. The summed E-state index contributed by atoms with van der Waals surface area (Å²) in [5, 5.41) is 3.63. The zero-order valence-electron chi connectivity index (χ0n) is 12.0. The van der Waals surface area contributed by atoms with E-state index in [0.717, 1.165) is 10.1 Å². The molecule has 1 aromatic carbocycles. The van der Waals surface area contributed by atoms with Crippen LogP contribution in [0.3, 0.4) is 0 Å². The summed E-state index contributed by atoms with van der Waals surface area (Å²) < 4.78 is 24.6. The van der Waals surface area contributed by atoms with Crippen LogP contribution >= 0.6 is 11.3 Å². The van der Waals surface area contributed by atoms with E-state index in [1.165, 1.54) is 23.5 Å². The molecule has 1 N–H and O–H groups in total. The predicted octanol–water partition coefficient (Wildman–Crippen LogP) is 3.17. The van der Waals surface area contributed by atoms with Crippen molar-refractivity contribution < 1.29 is 18.7 Å². The molecule has 0 unspecified atom stereocenters. The number of carbonyl (C=O) groups excluding carboxylic acids is 1. The van der Waals surface area contributed by atoms with Crippen molar-refractivity contribution in [2.75, 3.05) is 19.8 Å². The minimum atomic E-state index is -0.448. The third kappa shape index (κ3) is 4.23. The Morgan fingerprint density at radius 2 is 2.00 bits per heavy atom. The van der Waals surface area contributed by atoms with Crippen LogP contribution in [0.1, 0.15) is 23.5 Å². The van der Waals surface area contributed by atoms with Crippen LogP contribution < -0.4 is 5.32 Å². The second-order valence-corrected chi connectivity index (χ2v) is 5.43. The molecule has 21 heavy (non-hydrogen) atoms. The zero-order chi connectivity index (χ0) is 15.2. The van der Waals surface area contributed by atoms with Crippen LogP contribution in [-0.4, -0.2) is 32.0 Å². The lowest BCUT2D eigenvalue weighted by Gasteiger charge is -2.17. The van der Waals surface area contributed by atoms with Gasteiger partial charge in [0.25, 0.3) is 5.91 Å². The maximum absolute atomic E-state index is 13.1. The highest BCUT2D eigenvalue weighted by Gasteiger charge is 2.14. The van der Waals surface area contributed by atoms with Crippen LogP contribution in [-0.2, 0) is 9.47 Å². The molecule has 0 spiro atoms. The van der Waals surface area contributed by atoms with Gasteiger partial charge in [0.2, 0.25) is 0 Å². The van der Waals surface area contributed by atoms with Gasteiger partial charge >= 0.3 is 0 Å². The molecule has 0 aliphatic rings. The topological polar surface area (TPSA) is 47.6 Å². The summed E-state index contributed by atoms with van der Waals surface area (Å²) in [6.45, 7) is 5.05. The molecule has 0 atom stereocenters. The number of hydrogen-bond acceptors (Lipinski definition) is 4. The number of fused-ring (bicyclic) bond motifs is 1. The first-order valence-electron chi connectivity index (χ1n) is 6.84. The van der Waals surface area contributed by atoms with Crippen molar-refractivity contribution in [3.63, 3.8) is 0 Å². The van der Waals surface area contributed by atoms with Crippen molar-refractivity contribution >= 4 is 27.3 Å². The van der Waals surface area contributed by atoms with E-state index in [9.17, 15) is 9.18 Å². The van der Waals surface area contributed by atoms with Crippen molar-refractivity contribution in [3.05, 3.63) is 35.0 Å². The maximum atomic E-state index is 13.1. The molecule has 1 amide bonds. The molecule has 114 valence electrons. The molecule has 2 rings (SSSR count). The number of carbonyl (C=O) groups is 1. The van der Waals surface area contributed by atoms with Gasteiger partial charge in [0.15, 0.2) is 6.29 Å². The quantitative estimate of drug-likeness (QED) is 0.799. The molecular weight excluding hydrogens is 293 g/mol. The fourth-order valence-corrected chi connectivity index (χ4v) is 2.92. The lowest BCUT2D eigenvalue weighted by Crippen LogP contribution is -2.35. The average molecular weight is 311 g/mol. The van der Waals surface area contributed by atoms with Gasteiger partial charge < -0.3 is 14.8 Å². The first-order valence-corrected chi connectivity index (χ1v) is 7.66. The van der Waals surface area contributed by atoms with E-state index in [-0.39, 0.29) is 18.3 Å². The largest absolute Gasteiger partial charge is 0.351 e. The standard InChI is InChI=1S/C15H18FNO3S/c1-3-19-14(20-4-2)9-17-15(18)13-7-10-5-6-11(16)8-12(10)21-13/h5-8,14H,3-4,9H2,1-2H3,(H,17,18). The molecule has 0 saturated heterocycles. The molecule has 2 aromatic rings. The van der Waals surface area contributed by atoms with E-state index >= 15 is 0 Å². The van der Waals surface area contributed by atoms with Crippen LogP contribution in [0.25, 0.3) is 10.1 Å². The lowest BCUT2D eigenvalue weighted by molar-refractivity contribution is -0.131. The third-order valence-electron chi connectivity index (χ3n) is 2.84. The molecule has 0 aliphatic carbocycles. The number of halogens is 1. The smallest absolute Gasteiger partial charge is 0.261 e. The van der Waals surface area contributed by atoms with Gasteiger partial charge in [-0.1, -0.05) is 6.07 Å². The van der Waals surface area contributed by atoms with Crippen molar-refractivity contribution in [2.45, 2.75) is 20.1 Å².